The second-order valence-electron chi connectivity index (χ2n) is 4.06. The molecule has 0 aromatic heterocycles. The molecule has 1 amide bonds. The molecule has 1 saturated heterocycles. The van der Waals surface area contributed by atoms with Crippen LogP contribution in [0.4, 0.5) is 5.69 Å². The van der Waals surface area contributed by atoms with Crippen LogP contribution >= 0.6 is 11.8 Å². The van der Waals surface area contributed by atoms with E-state index in [0.717, 1.165) is 24.3 Å². The lowest BCUT2D eigenvalue weighted by atomic mass is 10.2. The van der Waals surface area contributed by atoms with Crippen molar-refractivity contribution in [1.29, 1.82) is 5.26 Å². The minimum atomic E-state index is 0.0886. The van der Waals surface area contributed by atoms with Gasteiger partial charge in [0.15, 0.2) is 0 Å². The molecule has 0 N–H and O–H groups in total. The summed E-state index contributed by atoms with van der Waals surface area (Å²) in [4.78, 5) is 13.8. The van der Waals surface area contributed by atoms with Crippen LogP contribution in [0.15, 0.2) is 24.3 Å². The summed E-state index contributed by atoms with van der Waals surface area (Å²) in [6.07, 6.45) is 2.08. The maximum Gasteiger partial charge on any atom is 0.239 e. The number of rotatable bonds is 2. The predicted octanol–water partition coefficient (Wildman–Crippen LogP) is 2.42. The number of hydrogen-bond acceptors (Lipinski definition) is 3. The van der Waals surface area contributed by atoms with E-state index in [1.165, 1.54) is 0 Å². The molecule has 4 heteroatoms. The molecule has 1 atom stereocenters. The summed E-state index contributed by atoms with van der Waals surface area (Å²) in [5.41, 5.74) is 1.38. The molecule has 0 aliphatic carbocycles. The SMILES string of the molecule is CN(C(=O)C1CCCS1)c1cccc(C#N)c1. The van der Waals surface area contributed by atoms with E-state index < -0.39 is 0 Å². The first-order valence-electron chi connectivity index (χ1n) is 5.61. The summed E-state index contributed by atoms with van der Waals surface area (Å²) >= 11 is 1.73. The topological polar surface area (TPSA) is 44.1 Å². The molecular formula is C13H14N2OS. The van der Waals surface area contributed by atoms with Gasteiger partial charge in [-0.25, -0.2) is 0 Å². The van der Waals surface area contributed by atoms with E-state index >= 15 is 0 Å². The van der Waals surface area contributed by atoms with Gasteiger partial charge in [0, 0.05) is 12.7 Å². The molecular weight excluding hydrogens is 232 g/mol. The average molecular weight is 246 g/mol. The molecule has 0 spiro atoms. The van der Waals surface area contributed by atoms with Gasteiger partial charge in [-0.3, -0.25) is 4.79 Å². The van der Waals surface area contributed by atoms with Crippen LogP contribution < -0.4 is 4.90 Å². The highest BCUT2D eigenvalue weighted by Crippen LogP contribution is 2.29. The second kappa shape index (κ2) is 5.24. The van der Waals surface area contributed by atoms with Gasteiger partial charge in [-0.15, -0.1) is 11.8 Å². The number of nitriles is 1. The maximum atomic E-state index is 12.2. The highest BCUT2D eigenvalue weighted by atomic mass is 32.2. The van der Waals surface area contributed by atoms with Crippen molar-refractivity contribution in [2.45, 2.75) is 18.1 Å². The fourth-order valence-corrected chi connectivity index (χ4v) is 3.15. The van der Waals surface area contributed by atoms with Crippen molar-refractivity contribution in [3.8, 4) is 6.07 Å². The molecule has 0 bridgehead atoms. The van der Waals surface area contributed by atoms with E-state index in [2.05, 4.69) is 6.07 Å². The highest BCUT2D eigenvalue weighted by molar-refractivity contribution is 8.00. The Morgan fingerprint density at radius 2 is 2.41 bits per heavy atom. The van der Waals surface area contributed by atoms with Crippen LogP contribution in [0.2, 0.25) is 0 Å². The summed E-state index contributed by atoms with van der Waals surface area (Å²) < 4.78 is 0. The number of hydrogen-bond donors (Lipinski definition) is 0. The highest BCUT2D eigenvalue weighted by Gasteiger charge is 2.26. The van der Waals surface area contributed by atoms with Crippen LogP contribution in [0.1, 0.15) is 18.4 Å². The van der Waals surface area contributed by atoms with Crippen LogP contribution in [0.3, 0.4) is 0 Å². The maximum absolute atomic E-state index is 12.2. The third-order valence-corrected chi connectivity index (χ3v) is 4.26. The first-order chi connectivity index (χ1) is 8.22. The van der Waals surface area contributed by atoms with Gasteiger partial charge in [0.25, 0.3) is 0 Å². The molecule has 3 nitrogen and oxygen atoms in total. The van der Waals surface area contributed by atoms with Crippen LogP contribution in [-0.4, -0.2) is 24.0 Å². The summed E-state index contributed by atoms with van der Waals surface area (Å²) in [5.74, 6) is 1.21. The van der Waals surface area contributed by atoms with Crippen molar-refractivity contribution in [2.75, 3.05) is 17.7 Å². The van der Waals surface area contributed by atoms with Crippen LogP contribution in [0, 0.1) is 11.3 Å². The molecule has 1 unspecified atom stereocenters. The van der Waals surface area contributed by atoms with E-state index in [1.807, 2.05) is 6.07 Å². The second-order valence-corrected chi connectivity index (χ2v) is 5.37. The summed E-state index contributed by atoms with van der Waals surface area (Å²) in [6.45, 7) is 0. The molecule has 1 aliphatic heterocycles. The van der Waals surface area contributed by atoms with Crippen molar-refractivity contribution in [2.24, 2.45) is 0 Å². The fraction of sp³-hybridized carbons (Fsp3) is 0.385. The number of nitrogens with zero attached hydrogens (tertiary/aromatic N) is 2. The molecule has 0 saturated carbocycles. The molecule has 1 fully saturated rings. The van der Waals surface area contributed by atoms with E-state index in [4.69, 9.17) is 5.26 Å². The zero-order chi connectivity index (χ0) is 12.3. The lowest BCUT2D eigenvalue weighted by molar-refractivity contribution is -0.117. The van der Waals surface area contributed by atoms with Gasteiger partial charge in [-0.1, -0.05) is 6.07 Å². The van der Waals surface area contributed by atoms with Crippen molar-refractivity contribution in [3.05, 3.63) is 29.8 Å². The zero-order valence-corrected chi connectivity index (χ0v) is 10.5. The molecule has 88 valence electrons. The first-order valence-corrected chi connectivity index (χ1v) is 6.66. The van der Waals surface area contributed by atoms with Crippen molar-refractivity contribution in [3.63, 3.8) is 0 Å². The standard InChI is InChI=1S/C13H14N2OS/c1-15(13(16)12-6-3-7-17-12)11-5-2-4-10(8-11)9-14/h2,4-5,8,12H,3,6-7H2,1H3. The molecule has 0 radical (unpaired) electrons. The van der Waals surface area contributed by atoms with Gasteiger partial charge < -0.3 is 4.90 Å². The normalized spacial score (nSPS) is 18.7. The summed E-state index contributed by atoms with van der Waals surface area (Å²) in [5, 5.41) is 8.93. The van der Waals surface area contributed by atoms with E-state index in [0.29, 0.717) is 5.56 Å². The smallest absolute Gasteiger partial charge is 0.239 e. The van der Waals surface area contributed by atoms with Crippen LogP contribution in [-0.2, 0) is 4.79 Å². The average Bonchev–Trinajstić information content (AvgIpc) is 2.91. The van der Waals surface area contributed by atoms with Crippen LogP contribution in [0.25, 0.3) is 0 Å². The Balaban J connectivity index is 2.15. The molecule has 2 rings (SSSR count). The molecule has 1 heterocycles. The Morgan fingerprint density at radius 1 is 1.59 bits per heavy atom. The largest absolute Gasteiger partial charge is 0.314 e. The quantitative estimate of drug-likeness (QED) is 0.805. The van der Waals surface area contributed by atoms with Gasteiger partial charge in [-0.2, -0.15) is 5.26 Å². The lowest BCUT2D eigenvalue weighted by Gasteiger charge is -2.20. The summed E-state index contributed by atoms with van der Waals surface area (Å²) in [6, 6.07) is 9.24. The number of carbonyl (C=O) groups is 1. The lowest BCUT2D eigenvalue weighted by Crippen LogP contribution is -2.33. The van der Waals surface area contributed by atoms with Gasteiger partial charge in [0.05, 0.1) is 16.9 Å². The summed E-state index contributed by atoms with van der Waals surface area (Å²) in [7, 11) is 1.78. The molecule has 17 heavy (non-hydrogen) atoms. The fourth-order valence-electron chi connectivity index (χ4n) is 1.90. The van der Waals surface area contributed by atoms with E-state index in [9.17, 15) is 4.79 Å². The third kappa shape index (κ3) is 2.62. The Morgan fingerprint density at radius 3 is 3.06 bits per heavy atom. The molecule has 1 aromatic carbocycles. The van der Waals surface area contributed by atoms with Crippen molar-refractivity contribution in [1.82, 2.24) is 0 Å². The Bertz CT molecular complexity index is 461. The number of carbonyl (C=O) groups excluding carboxylic acids is 1. The first kappa shape index (κ1) is 12.0. The minimum Gasteiger partial charge on any atom is -0.314 e. The van der Waals surface area contributed by atoms with Gasteiger partial charge in [0.1, 0.15) is 0 Å². The number of amides is 1. The molecule has 1 aliphatic rings. The van der Waals surface area contributed by atoms with Gasteiger partial charge >= 0.3 is 0 Å². The number of benzene rings is 1. The van der Waals surface area contributed by atoms with Crippen molar-refractivity contribution >= 4 is 23.4 Å². The number of thioether (sulfide) groups is 1. The van der Waals surface area contributed by atoms with E-state index in [1.54, 1.807) is 41.9 Å². The van der Waals surface area contributed by atoms with Gasteiger partial charge in [0.2, 0.25) is 5.91 Å². The van der Waals surface area contributed by atoms with Crippen LogP contribution in [0.5, 0.6) is 0 Å². The zero-order valence-electron chi connectivity index (χ0n) is 9.72. The van der Waals surface area contributed by atoms with E-state index in [-0.39, 0.29) is 11.2 Å². The minimum absolute atomic E-state index is 0.0886. The predicted molar refractivity (Wildman–Crippen MR) is 70.0 cm³/mol. The molecule has 1 aromatic rings. The Kier molecular flexibility index (Phi) is 3.70. The Hall–Kier alpha value is -1.47. The van der Waals surface area contributed by atoms with Crippen molar-refractivity contribution < 1.29 is 4.79 Å². The Labute approximate surface area is 105 Å². The number of anilines is 1. The third-order valence-electron chi connectivity index (χ3n) is 2.90. The monoisotopic (exact) mass is 246 g/mol. The van der Waals surface area contributed by atoms with Gasteiger partial charge in [-0.05, 0) is 36.8 Å².